The van der Waals surface area contributed by atoms with Crippen LogP contribution in [0.3, 0.4) is 0 Å². The Morgan fingerprint density at radius 1 is 1.17 bits per heavy atom. The van der Waals surface area contributed by atoms with Crippen LogP contribution < -0.4 is 4.72 Å². The quantitative estimate of drug-likeness (QED) is 0.641. The Morgan fingerprint density at radius 2 is 1.88 bits per heavy atom. The Balaban J connectivity index is 1.98. The van der Waals surface area contributed by atoms with Gasteiger partial charge in [-0.2, -0.15) is 5.26 Å². The number of aromatic nitrogens is 1. The van der Waals surface area contributed by atoms with E-state index in [2.05, 4.69) is 25.6 Å². The number of rotatable bonds is 4. The second-order valence-corrected chi connectivity index (χ2v) is 7.59. The van der Waals surface area contributed by atoms with E-state index >= 15 is 0 Å². The molecule has 3 aromatic rings. The van der Waals surface area contributed by atoms with E-state index in [-0.39, 0.29) is 4.91 Å². The van der Waals surface area contributed by atoms with Crippen LogP contribution in [0.4, 0.5) is 5.69 Å². The summed E-state index contributed by atoms with van der Waals surface area (Å²) < 4.78 is 28.2. The summed E-state index contributed by atoms with van der Waals surface area (Å²) in [7, 11) is -3.96. The molecule has 7 heteroatoms. The number of hydrogen-bond acceptors (Lipinski definition) is 3. The lowest BCUT2D eigenvalue weighted by Crippen LogP contribution is -2.14. The van der Waals surface area contributed by atoms with Gasteiger partial charge < -0.3 is 4.98 Å². The second kappa shape index (κ2) is 6.51. The molecule has 0 unspecified atom stereocenters. The minimum atomic E-state index is -3.96. The van der Waals surface area contributed by atoms with Crippen molar-refractivity contribution in [1.82, 2.24) is 4.98 Å². The molecule has 2 N–H and O–H groups in total. The fourth-order valence-electron chi connectivity index (χ4n) is 2.25. The Bertz CT molecular complexity index is 1060. The first-order valence-corrected chi connectivity index (χ1v) is 9.23. The number of aromatic amines is 1. The first-order valence-electron chi connectivity index (χ1n) is 6.96. The minimum absolute atomic E-state index is 0.352. The maximum atomic E-state index is 12.5. The van der Waals surface area contributed by atoms with Crippen molar-refractivity contribution in [2.45, 2.75) is 0 Å². The van der Waals surface area contributed by atoms with Crippen LogP contribution in [0.5, 0.6) is 0 Å². The summed E-state index contributed by atoms with van der Waals surface area (Å²) in [5, 5.41) is 10.2. The van der Waals surface area contributed by atoms with Gasteiger partial charge >= 0.3 is 0 Å². The van der Waals surface area contributed by atoms with Gasteiger partial charge in [-0.25, -0.2) is 8.42 Å². The summed E-state index contributed by atoms with van der Waals surface area (Å²) in [4.78, 5) is 2.70. The van der Waals surface area contributed by atoms with Gasteiger partial charge in [0.05, 0.1) is 0 Å². The van der Waals surface area contributed by atoms with Gasteiger partial charge in [-0.1, -0.05) is 34.1 Å². The number of sulfonamides is 1. The third kappa shape index (κ3) is 3.35. The number of allylic oxidation sites excluding steroid dienone is 1. The van der Waals surface area contributed by atoms with Crippen LogP contribution in [0, 0.1) is 11.3 Å². The molecule has 0 aliphatic carbocycles. The Morgan fingerprint density at radius 3 is 2.58 bits per heavy atom. The Hall–Kier alpha value is -2.56. The van der Waals surface area contributed by atoms with Crippen molar-refractivity contribution in [3.8, 4) is 6.07 Å². The maximum absolute atomic E-state index is 12.5. The SMILES string of the molecule is N#C/C(=C\c1c[nH]c2ccccc12)S(=O)(=O)Nc1ccc(Br)cc1. The number of benzene rings is 2. The summed E-state index contributed by atoms with van der Waals surface area (Å²) in [5.74, 6) is 0. The van der Waals surface area contributed by atoms with E-state index in [9.17, 15) is 13.7 Å². The molecule has 0 spiro atoms. The highest BCUT2D eigenvalue weighted by Crippen LogP contribution is 2.23. The largest absolute Gasteiger partial charge is 0.361 e. The van der Waals surface area contributed by atoms with E-state index in [0.717, 1.165) is 15.4 Å². The molecule has 1 heterocycles. The second-order valence-electron chi connectivity index (χ2n) is 5.02. The van der Waals surface area contributed by atoms with Crippen molar-refractivity contribution in [1.29, 1.82) is 5.26 Å². The lowest BCUT2D eigenvalue weighted by atomic mass is 10.1. The lowest BCUT2D eigenvalue weighted by molar-refractivity contribution is 0.608. The Kier molecular flexibility index (Phi) is 4.42. The van der Waals surface area contributed by atoms with Gasteiger partial charge in [-0.3, -0.25) is 4.72 Å². The maximum Gasteiger partial charge on any atom is 0.272 e. The molecule has 0 fully saturated rings. The molecule has 0 aliphatic rings. The van der Waals surface area contributed by atoms with Crippen LogP contribution in [-0.2, 0) is 10.0 Å². The van der Waals surface area contributed by atoms with E-state index in [1.165, 1.54) is 6.08 Å². The number of anilines is 1. The van der Waals surface area contributed by atoms with Crippen molar-refractivity contribution in [2.24, 2.45) is 0 Å². The van der Waals surface area contributed by atoms with Gasteiger partial charge in [0.2, 0.25) is 0 Å². The van der Waals surface area contributed by atoms with Crippen LogP contribution in [-0.4, -0.2) is 13.4 Å². The first-order chi connectivity index (χ1) is 11.5. The molecule has 3 rings (SSSR count). The highest BCUT2D eigenvalue weighted by molar-refractivity contribution is 9.10. The number of fused-ring (bicyclic) bond motifs is 1. The summed E-state index contributed by atoms with van der Waals surface area (Å²) in [5.41, 5.74) is 1.90. The van der Waals surface area contributed by atoms with Crippen molar-refractivity contribution >= 4 is 48.6 Å². The molecule has 1 aromatic heterocycles. The highest BCUT2D eigenvalue weighted by atomic mass is 79.9. The van der Waals surface area contributed by atoms with Gasteiger partial charge in [0, 0.05) is 32.8 Å². The normalized spacial score (nSPS) is 12.1. The molecular formula is C17H12BrN3O2S. The lowest BCUT2D eigenvalue weighted by Gasteiger charge is -2.07. The number of H-pyrrole nitrogens is 1. The molecule has 0 amide bonds. The molecule has 0 atom stereocenters. The van der Waals surface area contributed by atoms with Crippen molar-refractivity contribution < 1.29 is 8.42 Å². The zero-order valence-corrected chi connectivity index (χ0v) is 14.7. The van der Waals surface area contributed by atoms with E-state index in [0.29, 0.717) is 11.3 Å². The average molecular weight is 402 g/mol. The molecule has 120 valence electrons. The van der Waals surface area contributed by atoms with Crippen LogP contribution in [0.15, 0.2) is 64.1 Å². The van der Waals surface area contributed by atoms with E-state index in [1.807, 2.05) is 24.3 Å². The number of hydrogen-bond donors (Lipinski definition) is 2. The topological polar surface area (TPSA) is 85.8 Å². The van der Waals surface area contributed by atoms with Gasteiger partial charge in [0.1, 0.15) is 6.07 Å². The van der Waals surface area contributed by atoms with Crippen LogP contribution >= 0.6 is 15.9 Å². The minimum Gasteiger partial charge on any atom is -0.361 e. The number of nitriles is 1. The summed E-state index contributed by atoms with van der Waals surface area (Å²) in [6.07, 6.45) is 3.04. The summed E-state index contributed by atoms with van der Waals surface area (Å²) >= 11 is 3.29. The molecule has 0 bridgehead atoms. The number of nitrogens with one attached hydrogen (secondary N) is 2. The van der Waals surface area contributed by atoms with Crippen LogP contribution in [0.2, 0.25) is 0 Å². The van der Waals surface area contributed by atoms with Crippen molar-refractivity contribution in [2.75, 3.05) is 4.72 Å². The molecule has 24 heavy (non-hydrogen) atoms. The van der Waals surface area contributed by atoms with E-state index < -0.39 is 10.0 Å². The standard InChI is InChI=1S/C17H12BrN3O2S/c18-13-5-7-14(8-6-13)21-24(22,23)15(10-19)9-12-11-20-17-4-2-1-3-16(12)17/h1-9,11,20-21H/b15-9+. The van der Waals surface area contributed by atoms with Crippen LogP contribution in [0.25, 0.3) is 17.0 Å². The number of para-hydroxylation sites is 1. The van der Waals surface area contributed by atoms with Gasteiger partial charge in [-0.05, 0) is 36.4 Å². The monoisotopic (exact) mass is 401 g/mol. The molecule has 0 saturated heterocycles. The van der Waals surface area contributed by atoms with E-state index in [1.54, 1.807) is 36.5 Å². The molecule has 0 saturated carbocycles. The fraction of sp³-hybridized carbons (Fsp3) is 0. The molecule has 0 aliphatic heterocycles. The van der Waals surface area contributed by atoms with Gasteiger partial charge in [-0.15, -0.1) is 0 Å². The third-order valence-electron chi connectivity index (χ3n) is 3.40. The molecular weight excluding hydrogens is 390 g/mol. The Labute approximate surface area is 147 Å². The summed E-state index contributed by atoms with van der Waals surface area (Å²) in [6.45, 7) is 0. The van der Waals surface area contributed by atoms with Crippen molar-refractivity contribution in [3.63, 3.8) is 0 Å². The smallest absolute Gasteiger partial charge is 0.272 e. The summed E-state index contributed by atoms with van der Waals surface area (Å²) in [6, 6.07) is 15.9. The van der Waals surface area contributed by atoms with Crippen molar-refractivity contribution in [3.05, 3.63) is 69.7 Å². The zero-order chi connectivity index (χ0) is 17.2. The predicted molar refractivity (Wildman–Crippen MR) is 98.6 cm³/mol. The van der Waals surface area contributed by atoms with Gasteiger partial charge in [0.25, 0.3) is 10.0 Å². The van der Waals surface area contributed by atoms with E-state index in [4.69, 9.17) is 0 Å². The first kappa shape index (κ1) is 16.3. The third-order valence-corrected chi connectivity index (χ3v) is 5.23. The molecule has 5 nitrogen and oxygen atoms in total. The van der Waals surface area contributed by atoms with Crippen LogP contribution in [0.1, 0.15) is 5.56 Å². The zero-order valence-electron chi connectivity index (χ0n) is 12.3. The van der Waals surface area contributed by atoms with Gasteiger partial charge in [0.15, 0.2) is 4.91 Å². The predicted octanol–water partition coefficient (Wildman–Crippen LogP) is 4.24. The average Bonchev–Trinajstić information content (AvgIpc) is 2.97. The highest BCUT2D eigenvalue weighted by Gasteiger charge is 2.18. The number of halogens is 1. The number of nitrogens with zero attached hydrogens (tertiary/aromatic N) is 1. The fourth-order valence-corrected chi connectivity index (χ4v) is 3.48. The molecule has 2 aromatic carbocycles. The molecule has 0 radical (unpaired) electrons.